The first-order valence-electron chi connectivity index (χ1n) is 7.74. The van der Waals surface area contributed by atoms with Gasteiger partial charge < -0.3 is 4.74 Å². The zero-order valence-corrected chi connectivity index (χ0v) is 13.9. The number of carbonyl (C=O) groups excluding carboxylic acids is 1. The topological polar surface area (TPSA) is 29.5 Å². The molecule has 1 amide bonds. The van der Waals surface area contributed by atoms with Gasteiger partial charge >= 0.3 is 6.09 Å². The van der Waals surface area contributed by atoms with E-state index in [1.165, 1.54) is 17.7 Å². The third-order valence-electron chi connectivity index (χ3n) is 4.12. The molecule has 1 heterocycles. The van der Waals surface area contributed by atoms with Crippen LogP contribution in [0.4, 0.5) is 4.79 Å². The van der Waals surface area contributed by atoms with Gasteiger partial charge in [0.1, 0.15) is 22.4 Å². The van der Waals surface area contributed by atoms with Crippen molar-refractivity contribution in [1.29, 1.82) is 0 Å². The molecule has 114 valence electrons. The highest BCUT2D eigenvalue weighted by atomic mass is 32.2. The molecule has 3 nitrogen and oxygen atoms in total. The van der Waals surface area contributed by atoms with Crippen LogP contribution in [0.1, 0.15) is 40.0 Å². The number of nitrogens with zero attached hydrogens (tertiary/aromatic N) is 1. The maximum Gasteiger partial charge on any atom is 0.452 e. The molecule has 0 bridgehead atoms. The van der Waals surface area contributed by atoms with Crippen molar-refractivity contribution in [2.75, 3.05) is 5.75 Å². The molecular weight excluding hydrogens is 282 g/mol. The molecule has 1 aromatic rings. The Morgan fingerprint density at radius 3 is 2.62 bits per heavy atom. The number of hydrogen-bond acceptors (Lipinski definition) is 2. The van der Waals surface area contributed by atoms with Crippen LogP contribution in [0.5, 0.6) is 0 Å². The van der Waals surface area contributed by atoms with E-state index >= 15 is 0 Å². The summed E-state index contributed by atoms with van der Waals surface area (Å²) in [5.74, 6) is 1.76. The minimum Gasteiger partial charge on any atom is -0.441 e. The molecule has 4 heteroatoms. The second-order valence-electron chi connectivity index (χ2n) is 6.91. The number of fused-ring (bicyclic) bond motifs is 1. The molecule has 2 fully saturated rings. The molecule has 0 N–H and O–H groups in total. The Morgan fingerprint density at radius 1 is 1.24 bits per heavy atom. The molecule has 0 aromatic heterocycles. The summed E-state index contributed by atoms with van der Waals surface area (Å²) in [6.45, 7) is 5.81. The van der Waals surface area contributed by atoms with Crippen LogP contribution in [-0.4, -0.2) is 27.8 Å². The fraction of sp³-hybridized carbons (Fsp3) is 0.588. The largest absolute Gasteiger partial charge is 0.452 e. The average molecular weight is 306 g/mol. The summed E-state index contributed by atoms with van der Waals surface area (Å²) in [6, 6.07) is 10.8. The van der Waals surface area contributed by atoms with Gasteiger partial charge in [-0.1, -0.05) is 24.6 Å². The van der Waals surface area contributed by atoms with Crippen molar-refractivity contribution in [3.05, 3.63) is 30.3 Å². The lowest BCUT2D eigenvalue weighted by atomic mass is 10.1. The highest BCUT2D eigenvalue weighted by Crippen LogP contribution is 2.43. The number of benzene rings is 1. The lowest BCUT2D eigenvalue weighted by Gasteiger charge is -2.25. The molecule has 21 heavy (non-hydrogen) atoms. The molecule has 1 saturated heterocycles. The number of amides is 1. The van der Waals surface area contributed by atoms with E-state index in [0.717, 1.165) is 12.2 Å². The second-order valence-corrected chi connectivity index (χ2v) is 8.84. The van der Waals surface area contributed by atoms with Gasteiger partial charge in [-0.15, -0.1) is 4.31 Å². The van der Waals surface area contributed by atoms with Crippen LogP contribution in [0, 0.1) is 5.92 Å². The van der Waals surface area contributed by atoms with Crippen molar-refractivity contribution < 1.29 is 9.53 Å². The summed E-state index contributed by atoms with van der Waals surface area (Å²) in [6.07, 6.45) is 3.48. The van der Waals surface area contributed by atoms with Gasteiger partial charge in [0.25, 0.3) is 0 Å². The minimum atomic E-state index is -0.431. The standard InChI is InChI=1S/C17H24NO2S/c1-17(2,3)20-16(19)18-15-11-7-8-13(15)12-21(18)14-9-5-4-6-10-14/h4-6,9-10,13,15H,7-8,11-12H2,1-3H3/q+1/t13-,15-,21?/m1/s1. The van der Waals surface area contributed by atoms with Crippen LogP contribution < -0.4 is 0 Å². The van der Waals surface area contributed by atoms with Crippen LogP contribution in [0.2, 0.25) is 0 Å². The average Bonchev–Trinajstić information content (AvgIpc) is 2.97. The van der Waals surface area contributed by atoms with E-state index in [1.54, 1.807) is 0 Å². The summed E-state index contributed by atoms with van der Waals surface area (Å²) in [5, 5.41) is 0. The summed E-state index contributed by atoms with van der Waals surface area (Å²) >= 11 is -0.143. The first-order chi connectivity index (χ1) is 9.96. The van der Waals surface area contributed by atoms with E-state index in [4.69, 9.17) is 4.74 Å². The van der Waals surface area contributed by atoms with Crippen LogP contribution >= 0.6 is 0 Å². The van der Waals surface area contributed by atoms with E-state index < -0.39 is 5.60 Å². The molecule has 3 atom stereocenters. The molecule has 1 aliphatic carbocycles. The molecule has 1 aromatic carbocycles. The summed E-state index contributed by atoms with van der Waals surface area (Å²) in [4.78, 5) is 14.0. The Hall–Kier alpha value is -1.16. The second kappa shape index (κ2) is 5.56. The van der Waals surface area contributed by atoms with E-state index in [2.05, 4.69) is 28.6 Å². The molecular formula is C17H24NO2S+. The van der Waals surface area contributed by atoms with Gasteiger partial charge in [0.05, 0.1) is 6.04 Å². The smallest absolute Gasteiger partial charge is 0.441 e. The lowest BCUT2D eigenvalue weighted by Crippen LogP contribution is -2.42. The first kappa shape index (κ1) is 14.8. The Bertz CT molecular complexity index is 511. The van der Waals surface area contributed by atoms with Gasteiger partial charge in [0.15, 0.2) is 4.90 Å². The number of rotatable bonds is 1. The highest BCUT2D eigenvalue weighted by molar-refractivity contribution is 7.95. The van der Waals surface area contributed by atoms with Crippen LogP contribution in [0.3, 0.4) is 0 Å². The van der Waals surface area contributed by atoms with Crippen LogP contribution in [0.25, 0.3) is 0 Å². The monoisotopic (exact) mass is 306 g/mol. The van der Waals surface area contributed by atoms with Crippen molar-refractivity contribution in [1.82, 2.24) is 4.31 Å². The van der Waals surface area contributed by atoms with Crippen LogP contribution in [-0.2, 0) is 15.8 Å². The van der Waals surface area contributed by atoms with E-state index in [0.29, 0.717) is 12.0 Å². The van der Waals surface area contributed by atoms with Gasteiger partial charge in [0, 0.05) is 5.92 Å². The molecule has 1 saturated carbocycles. The number of hydrogen-bond donors (Lipinski definition) is 0. The number of ether oxygens (including phenoxy) is 1. The zero-order valence-electron chi connectivity index (χ0n) is 13.0. The van der Waals surface area contributed by atoms with E-state index in [1.807, 2.05) is 26.8 Å². The van der Waals surface area contributed by atoms with Gasteiger partial charge in [-0.25, -0.2) is 4.79 Å². The summed E-state index contributed by atoms with van der Waals surface area (Å²) in [5.41, 5.74) is -0.431. The predicted molar refractivity (Wildman–Crippen MR) is 86.1 cm³/mol. The molecule has 1 aliphatic heterocycles. The van der Waals surface area contributed by atoms with Crippen LogP contribution in [0.15, 0.2) is 35.2 Å². The maximum absolute atomic E-state index is 12.7. The van der Waals surface area contributed by atoms with Crippen molar-refractivity contribution in [2.24, 2.45) is 5.92 Å². The third kappa shape index (κ3) is 3.05. The predicted octanol–water partition coefficient (Wildman–Crippen LogP) is 4.00. The maximum atomic E-state index is 12.7. The van der Waals surface area contributed by atoms with Gasteiger partial charge in [-0.2, -0.15) is 0 Å². The number of carbonyl (C=O) groups is 1. The Labute approximate surface area is 130 Å². The molecule has 2 aliphatic rings. The Morgan fingerprint density at radius 2 is 1.95 bits per heavy atom. The van der Waals surface area contributed by atoms with Crippen molar-refractivity contribution in [3.63, 3.8) is 0 Å². The minimum absolute atomic E-state index is 0.135. The third-order valence-corrected chi connectivity index (χ3v) is 6.57. The van der Waals surface area contributed by atoms with Gasteiger partial charge in [0.2, 0.25) is 0 Å². The lowest BCUT2D eigenvalue weighted by molar-refractivity contribution is 0.0350. The normalized spacial score (nSPS) is 28.5. The Kier molecular flexibility index (Phi) is 3.91. The van der Waals surface area contributed by atoms with Gasteiger partial charge in [-0.3, -0.25) is 0 Å². The molecule has 3 rings (SSSR count). The highest BCUT2D eigenvalue weighted by Gasteiger charge is 2.56. The van der Waals surface area contributed by atoms with Gasteiger partial charge in [-0.05, 0) is 45.7 Å². The van der Waals surface area contributed by atoms with Crippen molar-refractivity contribution >= 4 is 17.2 Å². The van der Waals surface area contributed by atoms with E-state index in [-0.39, 0.29) is 17.2 Å². The first-order valence-corrected chi connectivity index (χ1v) is 9.09. The SMILES string of the molecule is CC(C)(C)OC(=O)N1[C@@H]2CCC[C@@H]2C[S+]1c1ccccc1. The fourth-order valence-corrected chi connectivity index (χ4v) is 5.95. The van der Waals surface area contributed by atoms with Crippen molar-refractivity contribution in [2.45, 2.75) is 56.6 Å². The quantitative estimate of drug-likeness (QED) is 0.734. The fourth-order valence-electron chi connectivity index (χ4n) is 3.29. The van der Waals surface area contributed by atoms with E-state index in [9.17, 15) is 4.79 Å². The molecule has 1 unspecified atom stereocenters. The summed E-state index contributed by atoms with van der Waals surface area (Å²) < 4.78 is 7.73. The molecule has 0 spiro atoms. The Balaban J connectivity index is 1.87. The molecule has 0 radical (unpaired) electrons. The van der Waals surface area contributed by atoms with Crippen molar-refractivity contribution in [3.8, 4) is 0 Å². The summed E-state index contributed by atoms with van der Waals surface area (Å²) in [7, 11) is 0. The zero-order chi connectivity index (χ0) is 15.0.